The van der Waals surface area contributed by atoms with Crippen LogP contribution in [-0.2, 0) is 4.84 Å². The van der Waals surface area contributed by atoms with Gasteiger partial charge in [-0.25, -0.2) is 0 Å². The topological polar surface area (TPSA) is 36.9 Å². The lowest BCUT2D eigenvalue weighted by Crippen LogP contribution is -2.61. The van der Waals surface area contributed by atoms with Crippen LogP contribution in [0.3, 0.4) is 0 Å². The summed E-state index contributed by atoms with van der Waals surface area (Å²) < 4.78 is 0. The van der Waals surface area contributed by atoms with Crippen LogP contribution in [0.4, 0.5) is 0 Å². The van der Waals surface area contributed by atoms with Gasteiger partial charge < -0.3 is 15.1 Å². The van der Waals surface area contributed by atoms with Crippen molar-refractivity contribution in [1.82, 2.24) is 10.2 Å². The number of nitrogens with zero attached hydrogens (tertiary/aromatic N) is 2. The average molecular weight is 536 g/mol. The fourth-order valence-corrected chi connectivity index (χ4v) is 10.8. The Labute approximate surface area is 239 Å². The van der Waals surface area contributed by atoms with Gasteiger partial charge >= 0.3 is 0 Å². The van der Waals surface area contributed by atoms with Gasteiger partial charge in [0.15, 0.2) is 0 Å². The van der Waals surface area contributed by atoms with Crippen LogP contribution in [0.15, 0.2) is 41.9 Å². The van der Waals surface area contributed by atoms with Crippen LogP contribution in [0, 0.1) is 44.8 Å². The van der Waals surface area contributed by atoms with Gasteiger partial charge in [0.05, 0.1) is 5.71 Å². The summed E-state index contributed by atoms with van der Waals surface area (Å²) in [6.45, 7) is 27.9. The second kappa shape index (κ2) is 9.78. The number of likely N-dealkylation sites (N-methyl/N-ethyl adjacent to an activating group) is 1. The minimum absolute atomic E-state index is 0.118. The minimum atomic E-state index is 0.118. The summed E-state index contributed by atoms with van der Waals surface area (Å²) in [6.07, 6.45) is 16.4. The number of hydrogen-bond acceptors (Lipinski definition) is 4. The first-order valence-corrected chi connectivity index (χ1v) is 15.9. The average Bonchev–Trinajstić information content (AvgIpc) is 3.38. The van der Waals surface area contributed by atoms with Crippen molar-refractivity contribution in [3.63, 3.8) is 0 Å². The van der Waals surface area contributed by atoms with E-state index < -0.39 is 0 Å². The molecule has 1 N–H and O–H groups in total. The van der Waals surface area contributed by atoms with Crippen molar-refractivity contribution >= 4 is 5.71 Å². The molecule has 4 heteroatoms. The number of oxime groups is 1. The Kier molecular flexibility index (Phi) is 7.26. The van der Waals surface area contributed by atoms with Crippen LogP contribution >= 0.6 is 0 Å². The Morgan fingerprint density at radius 2 is 1.87 bits per heavy atom. The van der Waals surface area contributed by atoms with E-state index in [2.05, 4.69) is 91.0 Å². The third-order valence-corrected chi connectivity index (χ3v) is 13.1. The van der Waals surface area contributed by atoms with Crippen LogP contribution in [0.5, 0.6) is 0 Å². The minimum Gasteiger partial charge on any atom is -0.343 e. The van der Waals surface area contributed by atoms with Gasteiger partial charge in [-0.1, -0.05) is 64.4 Å². The molecular weight excluding hydrogens is 478 g/mol. The van der Waals surface area contributed by atoms with Gasteiger partial charge in [0.25, 0.3) is 0 Å². The van der Waals surface area contributed by atoms with E-state index in [4.69, 9.17) is 9.99 Å². The Bertz CT molecular complexity index is 1060. The third-order valence-electron chi connectivity index (χ3n) is 13.1. The molecular formula is C35H57N3O. The molecule has 4 fully saturated rings. The molecule has 2 unspecified atom stereocenters. The van der Waals surface area contributed by atoms with Gasteiger partial charge in [-0.15, -0.1) is 6.58 Å². The summed E-state index contributed by atoms with van der Waals surface area (Å²) in [5.74, 6) is 2.62. The van der Waals surface area contributed by atoms with Gasteiger partial charge in [0.2, 0.25) is 5.88 Å². The molecule has 0 aromatic carbocycles. The second-order valence-electron chi connectivity index (χ2n) is 15.9. The van der Waals surface area contributed by atoms with E-state index in [1.54, 1.807) is 5.57 Å². The zero-order valence-electron chi connectivity index (χ0n) is 26.5. The summed E-state index contributed by atoms with van der Waals surface area (Å²) >= 11 is 0. The molecule has 3 saturated carbocycles. The summed E-state index contributed by atoms with van der Waals surface area (Å²) in [5.41, 5.74) is 4.11. The van der Waals surface area contributed by atoms with E-state index in [0.29, 0.717) is 28.7 Å². The highest BCUT2D eigenvalue weighted by molar-refractivity contribution is 5.85. The normalized spacial score (nSPS) is 45.0. The zero-order chi connectivity index (χ0) is 28.4. The Hall–Kier alpha value is -1.55. The molecule has 0 bridgehead atoms. The predicted octanol–water partition coefficient (Wildman–Crippen LogP) is 8.33. The number of fused-ring (bicyclic) bond motifs is 5. The lowest BCUT2D eigenvalue weighted by molar-refractivity contribution is -0.144. The van der Waals surface area contributed by atoms with E-state index >= 15 is 0 Å². The lowest BCUT2D eigenvalue weighted by Gasteiger charge is -2.68. The van der Waals surface area contributed by atoms with Crippen molar-refractivity contribution in [3.8, 4) is 0 Å². The van der Waals surface area contributed by atoms with Crippen molar-refractivity contribution < 1.29 is 4.84 Å². The van der Waals surface area contributed by atoms with Gasteiger partial charge in [-0.2, -0.15) is 0 Å². The van der Waals surface area contributed by atoms with Crippen molar-refractivity contribution in [1.29, 1.82) is 0 Å². The standard InChI is InChI=1S/C35H57N3O/c1-11-35-19-14-29(25(3)37-39-26(4)38(10)22-28-21-31(5,6)23-36-28)33(35,8)18-15-30-32(7)16-12-24(2)20-27(32)13-17-34(30,35)9/h11,13,24,28-30,36H,1,4,12,14-23H2,2-3,5-10H3/b37-25+/t24-,28?,29+,30?,32-,33+,34+,35+/m0/s1. The highest BCUT2D eigenvalue weighted by atomic mass is 16.6. The first-order valence-electron chi connectivity index (χ1n) is 15.9. The van der Waals surface area contributed by atoms with E-state index in [-0.39, 0.29) is 16.2 Å². The van der Waals surface area contributed by atoms with Crippen molar-refractivity contribution in [3.05, 3.63) is 36.8 Å². The largest absolute Gasteiger partial charge is 0.343 e. The first-order chi connectivity index (χ1) is 18.2. The van der Waals surface area contributed by atoms with Gasteiger partial charge in [-0.3, -0.25) is 0 Å². The monoisotopic (exact) mass is 535 g/mol. The van der Waals surface area contributed by atoms with Crippen molar-refractivity contribution in [2.45, 2.75) is 112 Å². The molecule has 218 valence electrons. The molecule has 39 heavy (non-hydrogen) atoms. The smallest absolute Gasteiger partial charge is 0.218 e. The Morgan fingerprint density at radius 3 is 2.54 bits per heavy atom. The molecule has 1 saturated heterocycles. The number of nitrogens with one attached hydrogen (secondary N) is 1. The quantitative estimate of drug-likeness (QED) is 0.154. The van der Waals surface area contributed by atoms with Crippen molar-refractivity contribution in [2.24, 2.45) is 50.0 Å². The number of allylic oxidation sites excluding steroid dienone is 3. The summed E-state index contributed by atoms with van der Waals surface area (Å²) in [5, 5.41) is 8.40. The number of rotatable bonds is 7. The molecule has 4 nitrogen and oxygen atoms in total. The highest BCUT2D eigenvalue weighted by Gasteiger charge is 2.70. The fourth-order valence-electron chi connectivity index (χ4n) is 10.8. The maximum Gasteiger partial charge on any atom is 0.218 e. The van der Waals surface area contributed by atoms with E-state index in [9.17, 15) is 0 Å². The van der Waals surface area contributed by atoms with E-state index in [1.807, 2.05) is 0 Å². The highest BCUT2D eigenvalue weighted by Crippen LogP contribution is 2.77. The zero-order valence-corrected chi connectivity index (χ0v) is 26.5. The molecule has 5 rings (SSSR count). The summed E-state index contributed by atoms with van der Waals surface area (Å²) in [4.78, 5) is 8.13. The fraction of sp³-hybridized carbons (Fsp3) is 0.800. The van der Waals surface area contributed by atoms with Crippen LogP contribution in [0.1, 0.15) is 106 Å². The molecule has 4 aliphatic carbocycles. The van der Waals surface area contributed by atoms with Crippen LogP contribution in [0.2, 0.25) is 0 Å². The Balaban J connectivity index is 1.33. The molecule has 0 spiro atoms. The second-order valence-corrected chi connectivity index (χ2v) is 15.9. The van der Waals surface area contributed by atoms with Crippen LogP contribution in [0.25, 0.3) is 0 Å². The van der Waals surface area contributed by atoms with E-state index in [0.717, 1.165) is 37.1 Å². The van der Waals surface area contributed by atoms with Crippen LogP contribution < -0.4 is 5.32 Å². The summed E-state index contributed by atoms with van der Waals surface area (Å²) in [7, 11) is 2.07. The molecule has 0 amide bonds. The lowest BCUT2D eigenvalue weighted by atomic mass is 9.36. The van der Waals surface area contributed by atoms with Gasteiger partial charge in [0, 0.05) is 32.1 Å². The SMILES string of the molecule is C=C[C@@]12CC[C@H](/C(C)=N/OC(=C)N(C)CC3CC(C)(C)CN3)[C@@]1(C)CCC1[C@@]3(C)CC[C@H](C)CC3=CC[C@]12C. The molecule has 0 radical (unpaired) electrons. The molecule has 0 aromatic heterocycles. The Morgan fingerprint density at radius 1 is 1.13 bits per heavy atom. The maximum absolute atomic E-state index is 6.02. The predicted molar refractivity (Wildman–Crippen MR) is 164 cm³/mol. The molecule has 0 aromatic rings. The van der Waals surface area contributed by atoms with Gasteiger partial charge in [0.1, 0.15) is 0 Å². The third kappa shape index (κ3) is 4.37. The molecule has 8 atom stereocenters. The summed E-state index contributed by atoms with van der Waals surface area (Å²) in [6, 6.07) is 0.465. The van der Waals surface area contributed by atoms with E-state index in [1.165, 1.54) is 51.4 Å². The maximum atomic E-state index is 6.02. The first kappa shape index (κ1) is 29.0. The number of hydrogen-bond donors (Lipinski definition) is 1. The van der Waals surface area contributed by atoms with Crippen LogP contribution in [-0.4, -0.2) is 36.8 Å². The molecule has 5 aliphatic rings. The molecule has 1 aliphatic heterocycles. The van der Waals surface area contributed by atoms with Crippen molar-refractivity contribution in [2.75, 3.05) is 20.1 Å². The molecule has 1 heterocycles. The van der Waals surface area contributed by atoms with Gasteiger partial charge in [-0.05, 0) is 110 Å².